The Hall–Kier alpha value is -3.39. The maximum atomic E-state index is 12.9. The molecule has 0 bridgehead atoms. The Kier molecular flexibility index (Phi) is 5.30. The Morgan fingerprint density at radius 2 is 2.00 bits per heavy atom. The number of aromatic nitrogens is 2. The minimum atomic E-state index is -0.210. The molecule has 0 spiro atoms. The van der Waals surface area contributed by atoms with Gasteiger partial charge in [-0.3, -0.25) is 14.7 Å². The van der Waals surface area contributed by atoms with Crippen LogP contribution in [0.1, 0.15) is 30.0 Å². The zero-order valence-electron chi connectivity index (χ0n) is 17.3. The van der Waals surface area contributed by atoms with Gasteiger partial charge in [0, 0.05) is 33.8 Å². The van der Waals surface area contributed by atoms with Gasteiger partial charge in [-0.25, -0.2) is 0 Å². The van der Waals surface area contributed by atoms with Gasteiger partial charge in [0.1, 0.15) is 17.1 Å². The summed E-state index contributed by atoms with van der Waals surface area (Å²) in [6.45, 7) is 0. The van der Waals surface area contributed by atoms with Crippen molar-refractivity contribution in [2.24, 2.45) is 0 Å². The zero-order valence-corrected chi connectivity index (χ0v) is 18.9. The van der Waals surface area contributed by atoms with Crippen LogP contribution in [0.4, 0.5) is 5.82 Å². The average molecular weight is 494 g/mol. The van der Waals surface area contributed by atoms with E-state index < -0.39 is 0 Å². The van der Waals surface area contributed by atoms with Crippen LogP contribution in [0.5, 0.6) is 5.75 Å². The number of halogens is 1. The number of hydrogen-bond donors (Lipinski definition) is 2. The molecule has 2 aromatic heterocycles. The third-order valence-corrected chi connectivity index (χ3v) is 6.43. The number of anilines is 1. The predicted octanol–water partition coefficient (Wildman–Crippen LogP) is 5.01. The number of nitrogens with one attached hydrogen (secondary N) is 2. The van der Waals surface area contributed by atoms with Gasteiger partial charge >= 0.3 is 0 Å². The molecule has 1 amide bonds. The molecule has 162 valence electrons. The number of ether oxygens (including phenoxy) is 1. The lowest BCUT2D eigenvalue weighted by atomic mass is 10.1. The second kappa shape index (κ2) is 8.27. The number of rotatable bonds is 6. The molecule has 0 atom stereocenters. The van der Waals surface area contributed by atoms with Gasteiger partial charge in [0.05, 0.1) is 18.9 Å². The van der Waals surface area contributed by atoms with E-state index in [-0.39, 0.29) is 17.8 Å². The van der Waals surface area contributed by atoms with E-state index in [0.29, 0.717) is 38.5 Å². The number of amides is 1. The maximum absolute atomic E-state index is 12.9. The predicted molar refractivity (Wildman–Crippen MR) is 125 cm³/mol. The first-order valence-corrected chi connectivity index (χ1v) is 11.1. The van der Waals surface area contributed by atoms with E-state index in [1.54, 1.807) is 19.2 Å². The van der Waals surface area contributed by atoms with Gasteiger partial charge in [-0.1, -0.05) is 6.07 Å². The van der Waals surface area contributed by atoms with Crippen LogP contribution in [0.15, 0.2) is 62.2 Å². The van der Waals surface area contributed by atoms with E-state index in [9.17, 15) is 9.59 Å². The van der Waals surface area contributed by atoms with E-state index in [1.807, 2.05) is 30.3 Å². The van der Waals surface area contributed by atoms with Crippen LogP contribution in [-0.2, 0) is 11.2 Å². The molecular formula is C24H20BrN3O4. The van der Waals surface area contributed by atoms with Crippen molar-refractivity contribution >= 4 is 38.6 Å². The van der Waals surface area contributed by atoms with Crippen molar-refractivity contribution in [3.05, 3.63) is 74.5 Å². The highest BCUT2D eigenvalue weighted by Gasteiger charge is 2.25. The molecule has 0 aliphatic heterocycles. The first-order chi connectivity index (χ1) is 15.5. The molecule has 1 fully saturated rings. The minimum absolute atomic E-state index is 0.0990. The molecule has 0 radical (unpaired) electrons. The third-order valence-electron chi connectivity index (χ3n) is 5.52. The monoisotopic (exact) mass is 493 g/mol. The van der Waals surface area contributed by atoms with Crippen molar-refractivity contribution in [1.82, 2.24) is 10.2 Å². The van der Waals surface area contributed by atoms with Crippen molar-refractivity contribution in [2.45, 2.75) is 25.2 Å². The molecule has 1 aliphatic rings. The van der Waals surface area contributed by atoms with E-state index in [1.165, 1.54) is 6.07 Å². The Morgan fingerprint density at radius 3 is 2.72 bits per heavy atom. The van der Waals surface area contributed by atoms with Gasteiger partial charge in [0.15, 0.2) is 11.2 Å². The largest absolute Gasteiger partial charge is 0.497 e. The molecule has 2 heterocycles. The Bertz CT molecular complexity index is 1370. The molecule has 5 rings (SSSR count). The van der Waals surface area contributed by atoms with Crippen molar-refractivity contribution in [3.63, 3.8) is 0 Å². The number of aromatic amines is 1. The number of carbonyl (C=O) groups excluding carboxylic acids is 1. The molecule has 1 saturated carbocycles. The molecule has 0 unspecified atom stereocenters. The first-order valence-electron chi connectivity index (χ1n) is 10.3. The topological polar surface area (TPSA) is 97.2 Å². The highest BCUT2D eigenvalue weighted by molar-refractivity contribution is 9.10. The summed E-state index contributed by atoms with van der Waals surface area (Å²) >= 11 is 3.50. The first kappa shape index (κ1) is 20.5. The van der Waals surface area contributed by atoms with Gasteiger partial charge < -0.3 is 14.5 Å². The van der Waals surface area contributed by atoms with Gasteiger partial charge in [0.2, 0.25) is 5.91 Å². The second-order valence-corrected chi connectivity index (χ2v) is 8.62. The van der Waals surface area contributed by atoms with Gasteiger partial charge in [-0.05, 0) is 64.7 Å². The Balaban J connectivity index is 1.39. The van der Waals surface area contributed by atoms with Gasteiger partial charge in [0.25, 0.3) is 0 Å². The third kappa shape index (κ3) is 4.05. The molecule has 1 aliphatic carbocycles. The highest BCUT2D eigenvalue weighted by Crippen LogP contribution is 2.39. The maximum Gasteiger partial charge on any atom is 0.230 e. The van der Waals surface area contributed by atoms with E-state index >= 15 is 0 Å². The van der Waals surface area contributed by atoms with Crippen molar-refractivity contribution in [2.75, 3.05) is 12.4 Å². The Labute approximate surface area is 191 Å². The molecule has 2 N–H and O–H groups in total. The highest BCUT2D eigenvalue weighted by atomic mass is 79.9. The van der Waals surface area contributed by atoms with Crippen LogP contribution in [0.2, 0.25) is 0 Å². The van der Waals surface area contributed by atoms with Crippen LogP contribution in [0.25, 0.3) is 22.3 Å². The summed E-state index contributed by atoms with van der Waals surface area (Å²) in [5.74, 6) is 2.02. The van der Waals surface area contributed by atoms with Crippen molar-refractivity contribution in [1.29, 1.82) is 0 Å². The number of benzene rings is 2. The number of carbonyl (C=O) groups is 1. The lowest BCUT2D eigenvalue weighted by Gasteiger charge is -2.09. The number of H-pyrrole nitrogens is 1. The number of methoxy groups -OCH3 is 1. The quantitative estimate of drug-likeness (QED) is 0.393. The Morgan fingerprint density at radius 1 is 1.22 bits per heavy atom. The fourth-order valence-corrected chi connectivity index (χ4v) is 4.32. The lowest BCUT2D eigenvalue weighted by molar-refractivity contribution is -0.115. The summed E-state index contributed by atoms with van der Waals surface area (Å²) in [4.78, 5) is 25.4. The van der Waals surface area contributed by atoms with Crippen LogP contribution in [0, 0.1) is 0 Å². The number of nitrogens with zero attached hydrogens (tertiary/aromatic N) is 1. The molecule has 4 aromatic rings. The molecule has 7 nitrogen and oxygen atoms in total. The van der Waals surface area contributed by atoms with E-state index in [4.69, 9.17) is 9.15 Å². The number of hydrogen-bond acceptors (Lipinski definition) is 5. The van der Waals surface area contributed by atoms with Crippen LogP contribution in [0.3, 0.4) is 0 Å². The van der Waals surface area contributed by atoms with Crippen molar-refractivity contribution < 1.29 is 13.9 Å². The minimum Gasteiger partial charge on any atom is -0.497 e. The van der Waals surface area contributed by atoms with E-state index in [0.717, 1.165) is 29.8 Å². The van der Waals surface area contributed by atoms with Crippen LogP contribution in [-0.4, -0.2) is 23.2 Å². The van der Waals surface area contributed by atoms with Gasteiger partial charge in [-0.2, -0.15) is 5.10 Å². The summed E-state index contributed by atoms with van der Waals surface area (Å²) < 4.78 is 11.7. The fraction of sp³-hybridized carbons (Fsp3) is 0.208. The van der Waals surface area contributed by atoms with Crippen LogP contribution >= 0.6 is 15.9 Å². The smallest absolute Gasteiger partial charge is 0.230 e. The van der Waals surface area contributed by atoms with Crippen molar-refractivity contribution in [3.8, 4) is 17.1 Å². The second-order valence-electron chi connectivity index (χ2n) is 7.82. The summed E-state index contributed by atoms with van der Waals surface area (Å²) in [5.41, 5.74) is 2.78. The summed E-state index contributed by atoms with van der Waals surface area (Å²) in [5, 5.41) is 10.3. The molecule has 8 heteroatoms. The fourth-order valence-electron chi connectivity index (χ4n) is 3.65. The lowest BCUT2D eigenvalue weighted by Crippen LogP contribution is -2.15. The molecule has 32 heavy (non-hydrogen) atoms. The summed E-state index contributed by atoms with van der Waals surface area (Å²) in [6.07, 6.45) is 2.41. The molecule has 0 saturated heterocycles. The summed E-state index contributed by atoms with van der Waals surface area (Å²) in [6, 6.07) is 14.1. The van der Waals surface area contributed by atoms with Gasteiger partial charge in [-0.15, -0.1) is 0 Å². The normalized spacial score (nSPS) is 13.3. The molecule has 2 aromatic carbocycles. The SMILES string of the molecule is COc1ccc(-c2cc(=O)c3c(Br)c(CC(=O)Nc4cc(C5CC5)[nH]n4)ccc3o2)cc1. The zero-order chi connectivity index (χ0) is 22.2. The number of fused-ring (bicyclic) bond motifs is 1. The standard InChI is InChI=1S/C24H20BrN3O4/c1-31-16-7-4-14(5-8-16)20-12-18(29)23-19(32-20)9-6-15(24(23)25)10-22(30)26-21-11-17(27-28-21)13-2-3-13/h4-9,11-13H,2-3,10H2,1H3,(H2,26,27,28,30). The van der Waals surface area contributed by atoms with Crippen LogP contribution < -0.4 is 15.5 Å². The average Bonchev–Trinajstić information content (AvgIpc) is 3.54. The summed E-state index contributed by atoms with van der Waals surface area (Å²) in [7, 11) is 1.60. The molecular weight excluding hydrogens is 474 g/mol. The van der Waals surface area contributed by atoms with E-state index in [2.05, 4.69) is 31.4 Å².